The molecule has 0 fully saturated rings. The summed E-state index contributed by atoms with van der Waals surface area (Å²) in [5.41, 5.74) is 1.58. The van der Waals surface area contributed by atoms with E-state index in [4.69, 9.17) is 14.3 Å². The maximum absolute atomic E-state index is 12.4. The van der Waals surface area contributed by atoms with E-state index in [1.54, 1.807) is 25.5 Å². The number of rotatable bonds is 6. The van der Waals surface area contributed by atoms with Crippen molar-refractivity contribution in [3.05, 3.63) is 54.0 Å². The van der Waals surface area contributed by atoms with Gasteiger partial charge >= 0.3 is 5.97 Å². The summed E-state index contributed by atoms with van der Waals surface area (Å²) in [5, 5.41) is 14.6. The highest BCUT2D eigenvalue weighted by atomic mass is 16.5. The molecule has 1 amide bonds. The molecule has 1 aromatic carbocycles. The van der Waals surface area contributed by atoms with E-state index in [1.165, 1.54) is 5.01 Å². The van der Waals surface area contributed by atoms with Crippen LogP contribution in [0, 0.1) is 0 Å². The summed E-state index contributed by atoms with van der Waals surface area (Å²) in [6.07, 6.45) is 1.68. The van der Waals surface area contributed by atoms with Gasteiger partial charge in [0.05, 0.1) is 25.5 Å². The Morgan fingerprint density at radius 2 is 2.16 bits per heavy atom. The number of benzene rings is 1. The second kappa shape index (κ2) is 7.21. The Bertz CT molecular complexity index is 798. The second-order valence-corrected chi connectivity index (χ2v) is 5.65. The number of furan rings is 1. The predicted molar refractivity (Wildman–Crippen MR) is 89.3 cm³/mol. The first-order valence-electron chi connectivity index (χ1n) is 7.87. The van der Waals surface area contributed by atoms with Crippen LogP contribution in [0.2, 0.25) is 0 Å². The molecule has 2 heterocycles. The highest BCUT2D eigenvalue weighted by Crippen LogP contribution is 2.34. The SMILES string of the molecule is COc1cccc(C2=NN(C(=O)CCC(=O)O)[C@H](c3ccco3)C2)c1. The average Bonchev–Trinajstić information content (AvgIpc) is 3.28. The van der Waals surface area contributed by atoms with E-state index in [0.29, 0.717) is 17.9 Å². The van der Waals surface area contributed by atoms with Gasteiger partial charge in [-0.15, -0.1) is 0 Å². The molecule has 1 N–H and O–H groups in total. The van der Waals surface area contributed by atoms with Gasteiger partial charge < -0.3 is 14.3 Å². The van der Waals surface area contributed by atoms with Crippen LogP contribution in [0.5, 0.6) is 5.75 Å². The fourth-order valence-electron chi connectivity index (χ4n) is 2.75. The summed E-state index contributed by atoms with van der Waals surface area (Å²) in [5.74, 6) is -0.0449. The Labute approximate surface area is 144 Å². The zero-order chi connectivity index (χ0) is 17.8. The van der Waals surface area contributed by atoms with Crippen LogP contribution in [-0.4, -0.2) is 34.8 Å². The van der Waals surface area contributed by atoms with Gasteiger partial charge in [-0.25, -0.2) is 5.01 Å². The molecule has 1 aliphatic rings. The van der Waals surface area contributed by atoms with E-state index in [2.05, 4.69) is 5.10 Å². The molecular formula is C18H18N2O5. The summed E-state index contributed by atoms with van der Waals surface area (Å²) in [6.45, 7) is 0. The lowest BCUT2D eigenvalue weighted by Crippen LogP contribution is -2.27. The van der Waals surface area contributed by atoms with Crippen molar-refractivity contribution in [2.24, 2.45) is 5.10 Å². The molecule has 25 heavy (non-hydrogen) atoms. The maximum Gasteiger partial charge on any atom is 0.303 e. The number of methoxy groups -OCH3 is 1. The molecule has 0 aliphatic carbocycles. The minimum absolute atomic E-state index is 0.110. The van der Waals surface area contributed by atoms with E-state index in [1.807, 2.05) is 24.3 Å². The first-order valence-corrected chi connectivity index (χ1v) is 7.87. The lowest BCUT2D eigenvalue weighted by Gasteiger charge is -2.19. The summed E-state index contributed by atoms with van der Waals surface area (Å²) in [7, 11) is 1.59. The number of carbonyl (C=O) groups excluding carboxylic acids is 1. The number of carboxylic acid groups (broad SMARTS) is 1. The molecule has 0 bridgehead atoms. The van der Waals surface area contributed by atoms with Crippen molar-refractivity contribution in [1.82, 2.24) is 5.01 Å². The number of carboxylic acids is 1. The van der Waals surface area contributed by atoms with Crippen LogP contribution in [0.15, 0.2) is 52.2 Å². The smallest absolute Gasteiger partial charge is 0.303 e. The first-order chi connectivity index (χ1) is 12.1. The minimum Gasteiger partial charge on any atom is -0.497 e. The number of ether oxygens (including phenoxy) is 1. The third-order valence-electron chi connectivity index (χ3n) is 3.99. The topological polar surface area (TPSA) is 92.3 Å². The van der Waals surface area contributed by atoms with Gasteiger partial charge in [0, 0.05) is 18.4 Å². The van der Waals surface area contributed by atoms with Gasteiger partial charge in [-0.3, -0.25) is 9.59 Å². The third kappa shape index (κ3) is 3.71. The van der Waals surface area contributed by atoms with Crippen LogP contribution in [0.4, 0.5) is 0 Å². The highest BCUT2D eigenvalue weighted by molar-refractivity contribution is 6.03. The quantitative estimate of drug-likeness (QED) is 0.871. The van der Waals surface area contributed by atoms with Crippen LogP contribution >= 0.6 is 0 Å². The van der Waals surface area contributed by atoms with Crippen molar-refractivity contribution in [3.63, 3.8) is 0 Å². The number of carbonyl (C=O) groups is 2. The number of amides is 1. The molecule has 1 atom stereocenters. The molecule has 130 valence electrons. The van der Waals surface area contributed by atoms with Crippen molar-refractivity contribution in [2.75, 3.05) is 7.11 Å². The van der Waals surface area contributed by atoms with Crippen molar-refractivity contribution in [3.8, 4) is 5.75 Å². The van der Waals surface area contributed by atoms with Crippen LogP contribution in [0.3, 0.4) is 0 Å². The van der Waals surface area contributed by atoms with E-state index >= 15 is 0 Å². The Kier molecular flexibility index (Phi) is 4.83. The molecule has 0 saturated heterocycles. The number of hydrazone groups is 1. The highest BCUT2D eigenvalue weighted by Gasteiger charge is 2.34. The molecule has 0 saturated carbocycles. The maximum atomic E-state index is 12.4. The van der Waals surface area contributed by atoms with E-state index in [-0.39, 0.29) is 24.8 Å². The second-order valence-electron chi connectivity index (χ2n) is 5.65. The number of aliphatic carboxylic acids is 1. The molecule has 3 rings (SSSR count). The molecular weight excluding hydrogens is 324 g/mol. The van der Waals surface area contributed by atoms with Gasteiger partial charge in [0.15, 0.2) is 0 Å². The van der Waals surface area contributed by atoms with Crippen molar-refractivity contribution >= 4 is 17.6 Å². The Balaban J connectivity index is 1.88. The van der Waals surface area contributed by atoms with Crippen molar-refractivity contribution < 1.29 is 23.8 Å². The Morgan fingerprint density at radius 1 is 1.32 bits per heavy atom. The van der Waals surface area contributed by atoms with Gasteiger partial charge in [-0.1, -0.05) is 12.1 Å². The van der Waals surface area contributed by atoms with Crippen LogP contribution in [-0.2, 0) is 9.59 Å². The first kappa shape index (κ1) is 16.8. The van der Waals surface area contributed by atoms with E-state index < -0.39 is 5.97 Å². The molecule has 1 aliphatic heterocycles. The lowest BCUT2D eigenvalue weighted by atomic mass is 10.0. The van der Waals surface area contributed by atoms with Gasteiger partial charge in [-0.2, -0.15) is 5.10 Å². The predicted octanol–water partition coefficient (Wildman–Crippen LogP) is 2.83. The monoisotopic (exact) mass is 342 g/mol. The summed E-state index contributed by atoms with van der Waals surface area (Å²) in [4.78, 5) is 23.2. The zero-order valence-electron chi connectivity index (χ0n) is 13.7. The standard InChI is InChI=1S/C18H18N2O5/c1-24-13-5-2-4-12(10-13)14-11-15(16-6-3-9-25-16)20(19-14)17(21)7-8-18(22)23/h2-6,9-10,15H,7-8,11H2,1H3,(H,22,23)/t15-/m0/s1. The summed E-state index contributed by atoms with van der Waals surface area (Å²) < 4.78 is 10.7. The average molecular weight is 342 g/mol. The number of hydrogen-bond acceptors (Lipinski definition) is 5. The largest absolute Gasteiger partial charge is 0.497 e. The normalized spacial score (nSPS) is 16.6. The van der Waals surface area contributed by atoms with Crippen LogP contribution in [0.1, 0.15) is 36.6 Å². The van der Waals surface area contributed by atoms with Crippen LogP contribution < -0.4 is 4.74 Å². The van der Waals surface area contributed by atoms with Crippen LogP contribution in [0.25, 0.3) is 0 Å². The molecule has 7 heteroatoms. The molecule has 1 aromatic heterocycles. The molecule has 2 aromatic rings. The van der Waals surface area contributed by atoms with Gasteiger partial charge in [-0.05, 0) is 24.3 Å². The third-order valence-corrected chi connectivity index (χ3v) is 3.99. The van der Waals surface area contributed by atoms with Crippen molar-refractivity contribution in [2.45, 2.75) is 25.3 Å². The van der Waals surface area contributed by atoms with Gasteiger partial charge in [0.2, 0.25) is 5.91 Å². The summed E-state index contributed by atoms with van der Waals surface area (Å²) >= 11 is 0. The molecule has 0 spiro atoms. The minimum atomic E-state index is -1.01. The summed E-state index contributed by atoms with van der Waals surface area (Å²) in [6, 6.07) is 10.6. The molecule has 0 radical (unpaired) electrons. The Morgan fingerprint density at radius 3 is 2.84 bits per heavy atom. The van der Waals surface area contributed by atoms with Gasteiger partial charge in [0.25, 0.3) is 0 Å². The molecule has 0 unspecified atom stereocenters. The van der Waals surface area contributed by atoms with E-state index in [9.17, 15) is 9.59 Å². The number of nitrogens with zero attached hydrogens (tertiary/aromatic N) is 2. The fraction of sp³-hybridized carbons (Fsp3) is 0.278. The van der Waals surface area contributed by atoms with Gasteiger partial charge in [0.1, 0.15) is 17.6 Å². The molecule has 7 nitrogen and oxygen atoms in total. The van der Waals surface area contributed by atoms with Crippen molar-refractivity contribution in [1.29, 1.82) is 0 Å². The Hall–Kier alpha value is -3.09. The number of hydrogen-bond donors (Lipinski definition) is 1. The van der Waals surface area contributed by atoms with E-state index in [0.717, 1.165) is 11.3 Å². The zero-order valence-corrected chi connectivity index (χ0v) is 13.7. The fourth-order valence-corrected chi connectivity index (χ4v) is 2.75. The lowest BCUT2D eigenvalue weighted by molar-refractivity contribution is -0.141.